The molecule has 1 amide bonds. The predicted molar refractivity (Wildman–Crippen MR) is 129 cm³/mol. The Kier molecular flexibility index (Phi) is 7.49. The molecule has 1 heterocycles. The Morgan fingerprint density at radius 3 is 2.03 bits per heavy atom. The number of benzene rings is 3. The van der Waals surface area contributed by atoms with Crippen molar-refractivity contribution in [1.29, 1.82) is 0 Å². The molecule has 0 atom stereocenters. The van der Waals surface area contributed by atoms with E-state index in [9.17, 15) is 13.2 Å². The molecule has 1 saturated heterocycles. The lowest BCUT2D eigenvalue weighted by molar-refractivity contribution is 0.0698. The normalized spacial score (nSPS) is 14.6. The van der Waals surface area contributed by atoms with Gasteiger partial charge in [-0.05, 0) is 61.0 Å². The van der Waals surface area contributed by atoms with E-state index >= 15 is 0 Å². The number of sulfonamides is 1. The Labute approximate surface area is 200 Å². The van der Waals surface area contributed by atoms with Crippen LogP contribution in [0.2, 0.25) is 0 Å². The summed E-state index contributed by atoms with van der Waals surface area (Å²) in [5.41, 5.74) is 1.54. The zero-order chi connectivity index (χ0) is 24.0. The smallest absolute Gasteiger partial charge is 0.253 e. The van der Waals surface area contributed by atoms with Crippen molar-refractivity contribution in [3.8, 4) is 11.5 Å². The average molecular weight is 481 g/mol. The van der Waals surface area contributed by atoms with Gasteiger partial charge in [0.25, 0.3) is 5.91 Å². The van der Waals surface area contributed by atoms with E-state index in [4.69, 9.17) is 9.47 Å². The van der Waals surface area contributed by atoms with Crippen LogP contribution in [0, 0.1) is 0 Å². The standard InChI is InChI=1S/C26H28N2O5S/c1-2-32-24-12-14-25(15-13-24)34(30,31)28-18-16-27(17-19-28)26(29)22-10-8-21(9-11-22)20-33-23-6-4-3-5-7-23/h3-15H,2,16-20H2,1H3. The second-order valence-corrected chi connectivity index (χ2v) is 9.84. The topological polar surface area (TPSA) is 76.2 Å². The SMILES string of the molecule is CCOc1ccc(S(=O)(=O)N2CCN(C(=O)c3ccc(COc4ccccc4)cc3)CC2)cc1. The minimum absolute atomic E-state index is 0.103. The molecule has 178 valence electrons. The molecule has 3 aromatic carbocycles. The number of piperazine rings is 1. The number of carbonyl (C=O) groups is 1. The van der Waals surface area contributed by atoms with Gasteiger partial charge < -0.3 is 14.4 Å². The Balaban J connectivity index is 1.32. The summed E-state index contributed by atoms with van der Waals surface area (Å²) in [6, 6.07) is 23.3. The van der Waals surface area contributed by atoms with Crippen LogP contribution >= 0.6 is 0 Å². The predicted octanol–water partition coefficient (Wildman–Crippen LogP) is 3.81. The maximum absolute atomic E-state index is 13.0. The molecule has 1 aliphatic heterocycles. The molecule has 0 aromatic heterocycles. The number of amides is 1. The van der Waals surface area contributed by atoms with Crippen molar-refractivity contribution in [2.75, 3.05) is 32.8 Å². The third kappa shape index (κ3) is 5.58. The van der Waals surface area contributed by atoms with E-state index in [1.807, 2.05) is 49.4 Å². The average Bonchev–Trinajstić information content (AvgIpc) is 2.88. The number of rotatable bonds is 8. The van der Waals surface area contributed by atoms with Crippen molar-refractivity contribution in [1.82, 2.24) is 9.21 Å². The molecule has 3 aromatic rings. The Bertz CT molecular complexity index is 1190. The van der Waals surface area contributed by atoms with Crippen molar-refractivity contribution >= 4 is 15.9 Å². The van der Waals surface area contributed by atoms with Crippen molar-refractivity contribution in [3.63, 3.8) is 0 Å². The fraction of sp³-hybridized carbons (Fsp3) is 0.269. The number of hydrogen-bond acceptors (Lipinski definition) is 5. The first-order valence-electron chi connectivity index (χ1n) is 11.3. The lowest BCUT2D eigenvalue weighted by Crippen LogP contribution is -2.50. The zero-order valence-corrected chi connectivity index (χ0v) is 19.9. The fourth-order valence-corrected chi connectivity index (χ4v) is 5.19. The molecular weight excluding hydrogens is 452 g/mol. The minimum atomic E-state index is -3.62. The van der Waals surface area contributed by atoms with Crippen LogP contribution in [-0.4, -0.2) is 56.3 Å². The summed E-state index contributed by atoms with van der Waals surface area (Å²) < 4.78 is 38.5. The van der Waals surface area contributed by atoms with Gasteiger partial charge in [-0.3, -0.25) is 4.79 Å². The van der Waals surface area contributed by atoms with Gasteiger partial charge in [0.2, 0.25) is 10.0 Å². The van der Waals surface area contributed by atoms with Crippen molar-refractivity contribution in [2.24, 2.45) is 0 Å². The van der Waals surface area contributed by atoms with Gasteiger partial charge in [0.15, 0.2) is 0 Å². The molecular formula is C26H28N2O5S. The van der Waals surface area contributed by atoms with Gasteiger partial charge in [0, 0.05) is 31.7 Å². The van der Waals surface area contributed by atoms with Crippen molar-refractivity contribution in [2.45, 2.75) is 18.4 Å². The van der Waals surface area contributed by atoms with Gasteiger partial charge in [0.05, 0.1) is 11.5 Å². The molecule has 0 bridgehead atoms. The molecule has 0 N–H and O–H groups in total. The highest BCUT2D eigenvalue weighted by molar-refractivity contribution is 7.89. The van der Waals surface area contributed by atoms with Crippen LogP contribution in [0.5, 0.6) is 11.5 Å². The number of ether oxygens (including phenoxy) is 2. The lowest BCUT2D eigenvalue weighted by Gasteiger charge is -2.34. The zero-order valence-electron chi connectivity index (χ0n) is 19.1. The quantitative estimate of drug-likeness (QED) is 0.490. The summed E-state index contributed by atoms with van der Waals surface area (Å²) in [7, 11) is -3.62. The van der Waals surface area contributed by atoms with Gasteiger partial charge >= 0.3 is 0 Å². The first kappa shape index (κ1) is 23.8. The van der Waals surface area contributed by atoms with Crippen LogP contribution < -0.4 is 9.47 Å². The summed E-state index contributed by atoms with van der Waals surface area (Å²) in [5.74, 6) is 1.32. The molecule has 0 unspecified atom stereocenters. The van der Waals surface area contributed by atoms with Gasteiger partial charge in [0.1, 0.15) is 18.1 Å². The summed E-state index contributed by atoms with van der Waals surface area (Å²) in [6.07, 6.45) is 0. The summed E-state index contributed by atoms with van der Waals surface area (Å²) in [6.45, 7) is 4.00. The first-order valence-corrected chi connectivity index (χ1v) is 12.7. The Morgan fingerprint density at radius 1 is 0.794 bits per heavy atom. The van der Waals surface area contributed by atoms with Gasteiger partial charge in [-0.2, -0.15) is 4.31 Å². The highest BCUT2D eigenvalue weighted by atomic mass is 32.2. The molecule has 0 spiro atoms. The molecule has 4 rings (SSSR count). The molecule has 8 heteroatoms. The van der Waals surface area contributed by atoms with Crippen LogP contribution in [0.4, 0.5) is 0 Å². The van der Waals surface area contributed by atoms with E-state index in [-0.39, 0.29) is 23.9 Å². The van der Waals surface area contributed by atoms with Crippen LogP contribution in [0.15, 0.2) is 83.8 Å². The van der Waals surface area contributed by atoms with Crippen LogP contribution in [0.3, 0.4) is 0 Å². The highest BCUT2D eigenvalue weighted by Crippen LogP contribution is 2.21. The van der Waals surface area contributed by atoms with E-state index in [1.54, 1.807) is 41.3 Å². The van der Waals surface area contributed by atoms with Crippen LogP contribution in [-0.2, 0) is 16.6 Å². The third-order valence-corrected chi connectivity index (χ3v) is 7.56. The van der Waals surface area contributed by atoms with Gasteiger partial charge in [-0.15, -0.1) is 0 Å². The fourth-order valence-electron chi connectivity index (χ4n) is 3.76. The number of nitrogens with zero attached hydrogens (tertiary/aromatic N) is 2. The lowest BCUT2D eigenvalue weighted by atomic mass is 10.1. The molecule has 1 aliphatic rings. The monoisotopic (exact) mass is 480 g/mol. The third-order valence-electron chi connectivity index (χ3n) is 5.65. The Hall–Kier alpha value is -3.36. The van der Waals surface area contributed by atoms with E-state index in [0.717, 1.165) is 11.3 Å². The maximum atomic E-state index is 13.0. The van der Waals surface area contributed by atoms with Crippen LogP contribution in [0.25, 0.3) is 0 Å². The molecule has 0 saturated carbocycles. The second-order valence-electron chi connectivity index (χ2n) is 7.90. The molecule has 34 heavy (non-hydrogen) atoms. The van der Waals surface area contributed by atoms with Gasteiger partial charge in [-0.1, -0.05) is 30.3 Å². The van der Waals surface area contributed by atoms with Crippen molar-refractivity contribution < 1.29 is 22.7 Å². The molecule has 0 aliphatic carbocycles. The summed E-state index contributed by atoms with van der Waals surface area (Å²) in [4.78, 5) is 14.8. The van der Waals surface area contributed by atoms with Crippen molar-refractivity contribution in [3.05, 3.63) is 90.0 Å². The number of hydrogen-bond donors (Lipinski definition) is 0. The largest absolute Gasteiger partial charge is 0.494 e. The van der Waals surface area contributed by atoms with Gasteiger partial charge in [-0.25, -0.2) is 8.42 Å². The second kappa shape index (κ2) is 10.7. The van der Waals surface area contributed by atoms with E-state index in [1.165, 1.54) is 4.31 Å². The molecule has 7 nitrogen and oxygen atoms in total. The molecule has 0 radical (unpaired) electrons. The van der Waals surface area contributed by atoms with E-state index in [0.29, 0.717) is 37.6 Å². The van der Waals surface area contributed by atoms with E-state index in [2.05, 4.69) is 0 Å². The van der Waals surface area contributed by atoms with Crippen LogP contribution in [0.1, 0.15) is 22.8 Å². The summed E-state index contributed by atoms with van der Waals surface area (Å²) in [5, 5.41) is 0. The maximum Gasteiger partial charge on any atom is 0.253 e. The summed E-state index contributed by atoms with van der Waals surface area (Å²) >= 11 is 0. The highest BCUT2D eigenvalue weighted by Gasteiger charge is 2.30. The number of para-hydroxylation sites is 1. The first-order chi connectivity index (χ1) is 16.5. The Morgan fingerprint density at radius 2 is 1.41 bits per heavy atom. The number of carbonyl (C=O) groups excluding carboxylic acids is 1. The minimum Gasteiger partial charge on any atom is -0.494 e. The molecule has 1 fully saturated rings. The van der Waals surface area contributed by atoms with E-state index < -0.39 is 10.0 Å².